The topological polar surface area (TPSA) is 138 Å². The van der Waals surface area contributed by atoms with Crippen molar-refractivity contribution in [2.75, 3.05) is 19.0 Å². The Kier molecular flexibility index (Phi) is 4.56. The minimum Gasteiger partial charge on any atom is -0.470 e. The molecule has 1 unspecified atom stereocenters. The number of hydrogen-bond donors (Lipinski definition) is 4. The van der Waals surface area contributed by atoms with Gasteiger partial charge >= 0.3 is 6.01 Å². The van der Waals surface area contributed by atoms with E-state index in [1.54, 1.807) is 14.0 Å². The summed E-state index contributed by atoms with van der Waals surface area (Å²) in [5.41, 5.74) is 1.89. The summed E-state index contributed by atoms with van der Waals surface area (Å²) >= 11 is 0. The fourth-order valence-electron chi connectivity index (χ4n) is 3.74. The van der Waals surface area contributed by atoms with Gasteiger partial charge in [0, 0.05) is 24.4 Å². The van der Waals surface area contributed by atoms with Crippen LogP contribution in [0.25, 0.3) is 21.9 Å². The van der Waals surface area contributed by atoms with Gasteiger partial charge in [-0.2, -0.15) is 9.97 Å². The Morgan fingerprint density at radius 3 is 2.81 bits per heavy atom. The quantitative estimate of drug-likeness (QED) is 0.376. The minimum atomic E-state index is -1.23. The Hall–Kier alpha value is -3.57. The van der Waals surface area contributed by atoms with Gasteiger partial charge in [0.05, 0.1) is 35.6 Å². The molecule has 160 valence electrons. The van der Waals surface area contributed by atoms with Crippen LogP contribution in [0.15, 0.2) is 18.5 Å². The summed E-state index contributed by atoms with van der Waals surface area (Å²) in [6, 6.07) is 1.34. The highest BCUT2D eigenvalue weighted by Crippen LogP contribution is 2.42. The van der Waals surface area contributed by atoms with Crippen molar-refractivity contribution in [2.45, 2.75) is 25.6 Å². The number of ether oxygens (including phenoxy) is 2. The van der Waals surface area contributed by atoms with Gasteiger partial charge in [0.25, 0.3) is 0 Å². The minimum absolute atomic E-state index is 0.0336. The number of anilines is 1. The normalized spacial score (nSPS) is 16.4. The van der Waals surface area contributed by atoms with E-state index >= 15 is 0 Å². The lowest BCUT2D eigenvalue weighted by atomic mass is 9.99. The number of benzene rings is 1. The number of halogens is 1. The average molecular weight is 426 g/mol. The van der Waals surface area contributed by atoms with Gasteiger partial charge in [-0.1, -0.05) is 0 Å². The monoisotopic (exact) mass is 426 g/mol. The van der Waals surface area contributed by atoms with Crippen LogP contribution in [0.4, 0.5) is 10.1 Å². The molecule has 31 heavy (non-hydrogen) atoms. The van der Waals surface area contributed by atoms with Crippen molar-refractivity contribution in [3.05, 3.63) is 35.7 Å². The predicted octanol–water partition coefficient (Wildman–Crippen LogP) is 1.84. The van der Waals surface area contributed by atoms with Gasteiger partial charge in [0.1, 0.15) is 29.5 Å². The zero-order valence-electron chi connectivity index (χ0n) is 16.7. The molecule has 1 aliphatic heterocycles. The van der Waals surface area contributed by atoms with Crippen LogP contribution in [0, 0.1) is 12.7 Å². The fraction of sp³-hybridized carbons (Fsp3) is 0.300. The summed E-state index contributed by atoms with van der Waals surface area (Å²) in [5, 5.41) is 23.7. The summed E-state index contributed by atoms with van der Waals surface area (Å²) in [6.07, 6.45) is 0.879. The first-order chi connectivity index (χ1) is 15.0. The molecule has 1 aromatic carbocycles. The first kappa shape index (κ1) is 19.4. The number of aliphatic hydroxyl groups is 2. The second kappa shape index (κ2) is 7.29. The molecule has 0 amide bonds. The second-order valence-electron chi connectivity index (χ2n) is 7.22. The van der Waals surface area contributed by atoms with E-state index in [2.05, 4.69) is 30.2 Å². The summed E-state index contributed by atoms with van der Waals surface area (Å²) in [7, 11) is 1.69. The molecule has 0 fully saturated rings. The number of rotatable bonds is 5. The van der Waals surface area contributed by atoms with E-state index in [1.165, 1.54) is 18.5 Å². The second-order valence-corrected chi connectivity index (χ2v) is 7.22. The molecule has 2 atom stereocenters. The number of hydrogen-bond acceptors (Lipinski definition) is 9. The van der Waals surface area contributed by atoms with Crippen LogP contribution in [0.5, 0.6) is 17.6 Å². The Morgan fingerprint density at radius 2 is 2.10 bits per heavy atom. The zero-order chi connectivity index (χ0) is 21.7. The first-order valence-corrected chi connectivity index (χ1v) is 9.63. The van der Waals surface area contributed by atoms with Gasteiger partial charge in [-0.25, -0.2) is 14.4 Å². The zero-order valence-corrected chi connectivity index (χ0v) is 16.7. The highest BCUT2D eigenvalue weighted by molar-refractivity contribution is 6.14. The number of nitrogens with one attached hydrogen (secondary N) is 2. The van der Waals surface area contributed by atoms with E-state index in [0.29, 0.717) is 44.8 Å². The molecular weight excluding hydrogens is 407 g/mol. The number of aromatic nitrogens is 5. The Bertz CT molecular complexity index is 1290. The third kappa shape index (κ3) is 3.18. The van der Waals surface area contributed by atoms with Crippen LogP contribution in [0.2, 0.25) is 0 Å². The number of aromatic amines is 1. The number of aliphatic hydroxyl groups excluding tert-OH is 2. The largest absolute Gasteiger partial charge is 0.470 e. The van der Waals surface area contributed by atoms with Crippen molar-refractivity contribution >= 4 is 27.6 Å². The highest BCUT2D eigenvalue weighted by atomic mass is 19.1. The maximum Gasteiger partial charge on any atom is 0.327 e. The van der Waals surface area contributed by atoms with Crippen LogP contribution >= 0.6 is 0 Å². The molecule has 11 heteroatoms. The van der Waals surface area contributed by atoms with Gasteiger partial charge in [0.15, 0.2) is 5.75 Å². The third-order valence-corrected chi connectivity index (χ3v) is 5.25. The van der Waals surface area contributed by atoms with Crippen molar-refractivity contribution < 1.29 is 24.1 Å². The number of H-pyrrole nitrogens is 1. The van der Waals surface area contributed by atoms with Crippen LogP contribution < -0.4 is 14.8 Å². The molecule has 0 spiro atoms. The number of nitrogens with zero attached hydrogens (tertiary/aromatic N) is 4. The molecular formula is C20H19FN6O4. The van der Waals surface area contributed by atoms with Crippen LogP contribution in [-0.4, -0.2) is 61.0 Å². The van der Waals surface area contributed by atoms with Crippen molar-refractivity contribution in [3.63, 3.8) is 0 Å². The first-order valence-electron chi connectivity index (χ1n) is 9.63. The molecule has 3 aromatic heterocycles. The molecule has 0 radical (unpaired) electrons. The summed E-state index contributed by atoms with van der Waals surface area (Å²) in [5.74, 6) is 0.574. The SMILES string of the molecule is CNc1cc(F)c2c3c1[nH]c1nc(Oc4cnc(C)nc4)nc(c13)O[C@@H](C(O)CO)C2. The van der Waals surface area contributed by atoms with E-state index in [4.69, 9.17) is 9.47 Å². The fourth-order valence-corrected chi connectivity index (χ4v) is 3.74. The van der Waals surface area contributed by atoms with Gasteiger partial charge in [0.2, 0.25) is 5.88 Å². The van der Waals surface area contributed by atoms with Gasteiger partial charge in [-0.05, 0) is 13.0 Å². The third-order valence-electron chi connectivity index (χ3n) is 5.25. The lowest BCUT2D eigenvalue weighted by molar-refractivity contribution is -0.00134. The smallest absolute Gasteiger partial charge is 0.327 e. The molecule has 1 aliphatic rings. The molecule has 0 saturated carbocycles. The van der Waals surface area contributed by atoms with E-state index in [0.717, 1.165) is 0 Å². The molecule has 4 aromatic rings. The lowest BCUT2D eigenvalue weighted by Crippen LogP contribution is -2.36. The van der Waals surface area contributed by atoms with Crippen LogP contribution in [-0.2, 0) is 6.42 Å². The Labute approximate surface area is 175 Å². The van der Waals surface area contributed by atoms with Crippen molar-refractivity contribution in [1.82, 2.24) is 24.9 Å². The predicted molar refractivity (Wildman–Crippen MR) is 109 cm³/mol. The van der Waals surface area contributed by atoms with Crippen LogP contribution in [0.1, 0.15) is 11.4 Å². The molecule has 0 saturated heterocycles. The van der Waals surface area contributed by atoms with Crippen molar-refractivity contribution in [2.24, 2.45) is 0 Å². The van der Waals surface area contributed by atoms with Crippen molar-refractivity contribution in [3.8, 4) is 17.6 Å². The molecule has 4 N–H and O–H groups in total. The molecule has 0 bridgehead atoms. The van der Waals surface area contributed by atoms with Gasteiger partial charge in [-0.3, -0.25) is 0 Å². The molecule has 10 nitrogen and oxygen atoms in total. The molecule has 5 rings (SSSR count). The Morgan fingerprint density at radius 1 is 1.32 bits per heavy atom. The highest BCUT2D eigenvalue weighted by Gasteiger charge is 2.32. The van der Waals surface area contributed by atoms with E-state index < -0.39 is 24.6 Å². The summed E-state index contributed by atoms with van der Waals surface area (Å²) in [6.45, 7) is 1.21. The summed E-state index contributed by atoms with van der Waals surface area (Å²) in [4.78, 5) is 20.1. The standard InChI is InChI=1S/C20H19FN6O4/c1-8-23-5-9(6-24-8)30-20-26-18-16-15-10(11(21)4-12(22-2)17(15)25-18)3-14(13(29)7-28)31-19(16)27-20/h4-6,13-14,22,28-29H,3,7H2,1-2H3,(H,25,26,27)/t13?,14-/m1/s1. The van der Waals surface area contributed by atoms with Gasteiger partial charge in [-0.15, -0.1) is 0 Å². The van der Waals surface area contributed by atoms with Crippen molar-refractivity contribution in [1.29, 1.82) is 0 Å². The maximum absolute atomic E-state index is 15.0. The van der Waals surface area contributed by atoms with E-state index in [1.807, 2.05) is 0 Å². The van der Waals surface area contributed by atoms with E-state index in [-0.39, 0.29) is 18.3 Å². The van der Waals surface area contributed by atoms with Crippen LogP contribution in [0.3, 0.4) is 0 Å². The molecule has 0 aliphatic carbocycles. The van der Waals surface area contributed by atoms with E-state index in [9.17, 15) is 14.6 Å². The van der Waals surface area contributed by atoms with Gasteiger partial charge < -0.3 is 30.0 Å². The average Bonchev–Trinajstić information content (AvgIpc) is 3.05. The number of aryl methyl sites for hydroxylation is 1. The molecule has 4 heterocycles. The summed E-state index contributed by atoms with van der Waals surface area (Å²) < 4.78 is 26.6. The maximum atomic E-state index is 15.0. The Balaban J connectivity index is 1.73. The lowest BCUT2D eigenvalue weighted by Gasteiger charge is -2.21.